The molecular weight excluding hydrogens is 282 g/mol. The molecule has 0 bridgehead atoms. The van der Waals surface area contributed by atoms with Crippen molar-refractivity contribution in [3.05, 3.63) is 70.7 Å². The monoisotopic (exact) mass is 295 g/mol. The van der Waals surface area contributed by atoms with Crippen LogP contribution in [0.4, 0.5) is 0 Å². The summed E-state index contributed by atoms with van der Waals surface area (Å²) in [5.41, 5.74) is 2.33. The van der Waals surface area contributed by atoms with Crippen LogP contribution in [-0.2, 0) is 6.54 Å². The second-order valence-corrected chi connectivity index (χ2v) is 5.33. The predicted octanol–water partition coefficient (Wildman–Crippen LogP) is 3.14. The van der Waals surface area contributed by atoms with Gasteiger partial charge in [-0.2, -0.15) is 0 Å². The molecule has 1 N–H and O–H groups in total. The van der Waals surface area contributed by atoms with Gasteiger partial charge in [0.15, 0.2) is 0 Å². The Labute approximate surface area is 126 Å². The second-order valence-electron chi connectivity index (χ2n) is 4.39. The number of thiazole rings is 1. The van der Waals surface area contributed by atoms with Crippen LogP contribution in [0.25, 0.3) is 11.4 Å². The Morgan fingerprint density at radius 1 is 1.05 bits per heavy atom. The Hall–Kier alpha value is -2.53. The van der Waals surface area contributed by atoms with E-state index in [1.165, 1.54) is 11.3 Å². The number of hydrogen-bond acceptors (Lipinski definition) is 4. The second kappa shape index (κ2) is 6.28. The Morgan fingerprint density at radius 2 is 1.86 bits per heavy atom. The number of pyridine rings is 1. The van der Waals surface area contributed by atoms with E-state index in [0.29, 0.717) is 12.1 Å². The van der Waals surface area contributed by atoms with E-state index in [9.17, 15) is 4.79 Å². The molecule has 0 saturated heterocycles. The smallest absolute Gasteiger partial charge is 0.251 e. The molecule has 4 nitrogen and oxygen atoms in total. The number of aromatic nitrogens is 2. The van der Waals surface area contributed by atoms with Crippen LogP contribution < -0.4 is 5.32 Å². The molecule has 5 heteroatoms. The summed E-state index contributed by atoms with van der Waals surface area (Å²) < 4.78 is 0. The summed E-state index contributed by atoms with van der Waals surface area (Å²) in [6, 6.07) is 14.9. The van der Waals surface area contributed by atoms with E-state index in [4.69, 9.17) is 0 Å². The molecule has 2 heterocycles. The third-order valence-electron chi connectivity index (χ3n) is 2.92. The average molecular weight is 295 g/mol. The van der Waals surface area contributed by atoms with Gasteiger partial charge in [-0.25, -0.2) is 4.98 Å². The van der Waals surface area contributed by atoms with Crippen LogP contribution >= 0.6 is 11.3 Å². The van der Waals surface area contributed by atoms with Gasteiger partial charge in [0.1, 0.15) is 5.01 Å². The molecule has 0 aliphatic carbocycles. The molecule has 2 aromatic heterocycles. The average Bonchev–Trinajstić information content (AvgIpc) is 3.03. The molecular formula is C16H13N3OS. The number of carbonyl (C=O) groups excluding carboxylic acids is 1. The number of carbonyl (C=O) groups is 1. The highest BCUT2D eigenvalue weighted by Crippen LogP contribution is 2.19. The van der Waals surface area contributed by atoms with Crippen molar-refractivity contribution in [2.45, 2.75) is 6.54 Å². The van der Waals surface area contributed by atoms with Crippen LogP contribution in [0.5, 0.6) is 0 Å². The summed E-state index contributed by atoms with van der Waals surface area (Å²) >= 11 is 1.52. The highest BCUT2D eigenvalue weighted by molar-refractivity contribution is 7.09. The molecule has 0 radical (unpaired) electrons. The van der Waals surface area contributed by atoms with Gasteiger partial charge >= 0.3 is 0 Å². The van der Waals surface area contributed by atoms with E-state index >= 15 is 0 Å². The predicted molar refractivity (Wildman–Crippen MR) is 83.0 cm³/mol. The normalized spacial score (nSPS) is 10.3. The summed E-state index contributed by atoms with van der Waals surface area (Å²) in [5.74, 6) is -0.0924. The Kier molecular flexibility index (Phi) is 4.02. The maximum Gasteiger partial charge on any atom is 0.251 e. The van der Waals surface area contributed by atoms with Gasteiger partial charge in [-0.15, -0.1) is 11.3 Å². The van der Waals surface area contributed by atoms with Crippen molar-refractivity contribution >= 4 is 17.2 Å². The molecule has 0 saturated carbocycles. The van der Waals surface area contributed by atoms with Crippen LogP contribution in [0.2, 0.25) is 0 Å². The fraction of sp³-hybridized carbons (Fsp3) is 0.0625. The van der Waals surface area contributed by atoms with Crippen LogP contribution in [-0.4, -0.2) is 15.9 Å². The number of nitrogens with zero attached hydrogens (tertiary/aromatic N) is 2. The van der Waals surface area contributed by atoms with Gasteiger partial charge in [-0.1, -0.05) is 24.3 Å². The van der Waals surface area contributed by atoms with Crippen LogP contribution in [0.15, 0.2) is 60.1 Å². The molecule has 1 aromatic carbocycles. The largest absolute Gasteiger partial charge is 0.346 e. The molecule has 104 valence electrons. The maximum atomic E-state index is 11.9. The standard InChI is InChI=1S/C16H13N3OS/c20-16(12-6-2-1-3-7-12)18-10-15-19-14(11-21-15)13-8-4-5-9-17-13/h1-9,11H,10H2,(H,18,20). The van der Waals surface area contributed by atoms with Crippen molar-refractivity contribution in [1.29, 1.82) is 0 Å². The SMILES string of the molecule is O=C(NCc1nc(-c2ccccn2)cs1)c1ccccc1. The Morgan fingerprint density at radius 3 is 2.62 bits per heavy atom. The van der Waals surface area contributed by atoms with E-state index in [2.05, 4.69) is 15.3 Å². The molecule has 21 heavy (non-hydrogen) atoms. The summed E-state index contributed by atoms with van der Waals surface area (Å²) in [5, 5.41) is 5.68. The van der Waals surface area contributed by atoms with Crippen LogP contribution in [0, 0.1) is 0 Å². The maximum absolute atomic E-state index is 11.9. The van der Waals surface area contributed by atoms with Crippen molar-refractivity contribution in [2.24, 2.45) is 0 Å². The van der Waals surface area contributed by atoms with E-state index in [-0.39, 0.29) is 5.91 Å². The zero-order valence-electron chi connectivity index (χ0n) is 11.2. The third-order valence-corrected chi connectivity index (χ3v) is 3.76. The minimum Gasteiger partial charge on any atom is -0.346 e. The zero-order valence-corrected chi connectivity index (χ0v) is 12.0. The highest BCUT2D eigenvalue weighted by atomic mass is 32.1. The van der Waals surface area contributed by atoms with Gasteiger partial charge < -0.3 is 5.32 Å². The van der Waals surface area contributed by atoms with Crippen molar-refractivity contribution in [1.82, 2.24) is 15.3 Å². The first kappa shape index (κ1) is 13.5. The highest BCUT2D eigenvalue weighted by Gasteiger charge is 2.08. The van der Waals surface area contributed by atoms with Gasteiger partial charge in [0.25, 0.3) is 5.91 Å². The molecule has 0 spiro atoms. The van der Waals surface area contributed by atoms with E-state index in [0.717, 1.165) is 16.4 Å². The lowest BCUT2D eigenvalue weighted by Crippen LogP contribution is -2.22. The van der Waals surface area contributed by atoms with Crippen molar-refractivity contribution in [3.8, 4) is 11.4 Å². The molecule has 0 aliphatic heterocycles. The topological polar surface area (TPSA) is 54.9 Å². The number of hydrogen-bond donors (Lipinski definition) is 1. The van der Waals surface area contributed by atoms with Gasteiger partial charge in [0.05, 0.1) is 17.9 Å². The number of nitrogens with one attached hydrogen (secondary N) is 1. The third kappa shape index (κ3) is 3.32. The quantitative estimate of drug-likeness (QED) is 0.804. The number of rotatable bonds is 4. The first-order valence-electron chi connectivity index (χ1n) is 6.52. The number of amides is 1. The van der Waals surface area contributed by atoms with Crippen LogP contribution in [0.1, 0.15) is 15.4 Å². The van der Waals surface area contributed by atoms with E-state index in [1.54, 1.807) is 18.3 Å². The number of benzene rings is 1. The Balaban J connectivity index is 1.64. The van der Waals surface area contributed by atoms with E-state index < -0.39 is 0 Å². The summed E-state index contributed by atoms with van der Waals surface area (Å²) in [4.78, 5) is 20.7. The molecule has 0 unspecified atom stereocenters. The minimum atomic E-state index is -0.0924. The van der Waals surface area contributed by atoms with Gasteiger partial charge in [-0.3, -0.25) is 9.78 Å². The van der Waals surface area contributed by atoms with Gasteiger partial charge in [0, 0.05) is 17.1 Å². The molecule has 0 fully saturated rings. The lowest BCUT2D eigenvalue weighted by Gasteiger charge is -2.02. The van der Waals surface area contributed by atoms with Crippen LogP contribution in [0.3, 0.4) is 0 Å². The fourth-order valence-electron chi connectivity index (χ4n) is 1.87. The molecule has 1 amide bonds. The Bertz CT molecular complexity index is 726. The minimum absolute atomic E-state index is 0.0924. The molecule has 3 aromatic rings. The first-order valence-corrected chi connectivity index (χ1v) is 7.40. The van der Waals surface area contributed by atoms with Crippen molar-refractivity contribution in [3.63, 3.8) is 0 Å². The van der Waals surface area contributed by atoms with E-state index in [1.807, 2.05) is 41.8 Å². The molecule has 3 rings (SSSR count). The lowest BCUT2D eigenvalue weighted by atomic mass is 10.2. The molecule has 0 atom stereocenters. The first-order chi connectivity index (χ1) is 10.3. The summed E-state index contributed by atoms with van der Waals surface area (Å²) in [6.45, 7) is 0.422. The van der Waals surface area contributed by atoms with Gasteiger partial charge in [0.2, 0.25) is 0 Å². The van der Waals surface area contributed by atoms with Crippen molar-refractivity contribution in [2.75, 3.05) is 0 Å². The summed E-state index contributed by atoms with van der Waals surface area (Å²) in [7, 11) is 0. The van der Waals surface area contributed by atoms with Crippen molar-refractivity contribution < 1.29 is 4.79 Å². The molecule has 0 aliphatic rings. The fourth-order valence-corrected chi connectivity index (χ4v) is 2.60. The summed E-state index contributed by atoms with van der Waals surface area (Å²) in [6.07, 6.45) is 1.74. The van der Waals surface area contributed by atoms with Gasteiger partial charge in [-0.05, 0) is 24.3 Å². The zero-order chi connectivity index (χ0) is 14.5. The lowest BCUT2D eigenvalue weighted by molar-refractivity contribution is 0.0951.